The number of nitrogens with one attached hydrogen (secondary N) is 1. The molecule has 0 saturated carbocycles. The molecule has 0 amide bonds. The summed E-state index contributed by atoms with van der Waals surface area (Å²) in [5.74, 6) is 1.28. The van der Waals surface area contributed by atoms with Crippen molar-refractivity contribution >= 4 is 21.4 Å². The van der Waals surface area contributed by atoms with Gasteiger partial charge in [-0.25, -0.2) is 13.1 Å². The van der Waals surface area contributed by atoms with Crippen LogP contribution in [-0.4, -0.2) is 42.6 Å². The van der Waals surface area contributed by atoms with Gasteiger partial charge in [-0.3, -0.25) is 4.90 Å². The second-order valence-corrected chi connectivity index (χ2v) is 9.76. The van der Waals surface area contributed by atoms with Gasteiger partial charge in [0.2, 0.25) is 15.9 Å². The van der Waals surface area contributed by atoms with Crippen LogP contribution in [0, 0.1) is 0 Å². The topological polar surface area (TPSA) is 88.3 Å². The van der Waals surface area contributed by atoms with Crippen LogP contribution in [0.1, 0.15) is 30.1 Å². The first-order valence-corrected chi connectivity index (χ1v) is 11.6. The Morgan fingerprint density at radius 3 is 2.64 bits per heavy atom. The number of likely N-dealkylation sites (tertiary alicyclic amines) is 1. The summed E-state index contributed by atoms with van der Waals surface area (Å²) in [6.45, 7) is 2.16. The zero-order chi connectivity index (χ0) is 19.4. The van der Waals surface area contributed by atoms with E-state index in [0.29, 0.717) is 28.9 Å². The SMILES string of the molecule is O=S(=O)(NC1CCN(Cc2nc(Cc3ccccc3)no2)CC1)c1cccs1. The lowest BCUT2D eigenvalue weighted by atomic mass is 10.1. The molecular formula is C19H22N4O3S2. The number of sulfonamides is 1. The van der Waals surface area contributed by atoms with Gasteiger partial charge in [0.1, 0.15) is 4.21 Å². The van der Waals surface area contributed by atoms with E-state index >= 15 is 0 Å². The van der Waals surface area contributed by atoms with Crippen LogP contribution in [0.5, 0.6) is 0 Å². The fourth-order valence-corrected chi connectivity index (χ4v) is 5.61. The van der Waals surface area contributed by atoms with Gasteiger partial charge >= 0.3 is 0 Å². The summed E-state index contributed by atoms with van der Waals surface area (Å²) in [6, 6.07) is 13.4. The van der Waals surface area contributed by atoms with E-state index in [4.69, 9.17) is 4.52 Å². The van der Waals surface area contributed by atoms with Gasteiger partial charge in [-0.2, -0.15) is 4.98 Å². The Balaban J connectivity index is 1.27. The maximum atomic E-state index is 12.3. The molecule has 1 N–H and O–H groups in total. The van der Waals surface area contributed by atoms with Gasteiger partial charge in [0.25, 0.3) is 0 Å². The van der Waals surface area contributed by atoms with E-state index in [0.717, 1.165) is 31.5 Å². The number of benzene rings is 1. The number of aromatic nitrogens is 2. The normalized spacial score (nSPS) is 16.4. The molecular weight excluding hydrogens is 396 g/mol. The third-order valence-electron chi connectivity index (χ3n) is 4.74. The Kier molecular flexibility index (Phi) is 5.86. The first kappa shape index (κ1) is 19.3. The fourth-order valence-electron chi connectivity index (χ4n) is 3.30. The smallest absolute Gasteiger partial charge is 0.250 e. The van der Waals surface area contributed by atoms with Crippen LogP contribution >= 0.6 is 11.3 Å². The molecule has 1 saturated heterocycles. The summed E-state index contributed by atoms with van der Waals surface area (Å²) in [4.78, 5) is 6.70. The summed E-state index contributed by atoms with van der Waals surface area (Å²) in [5.41, 5.74) is 1.15. The van der Waals surface area contributed by atoms with Gasteiger partial charge in [0.15, 0.2) is 5.82 Å². The Labute approximate surface area is 168 Å². The minimum absolute atomic E-state index is 0.0420. The van der Waals surface area contributed by atoms with Crippen molar-refractivity contribution in [3.8, 4) is 0 Å². The van der Waals surface area contributed by atoms with Gasteiger partial charge in [0, 0.05) is 25.6 Å². The molecule has 3 heterocycles. The first-order chi connectivity index (χ1) is 13.6. The Morgan fingerprint density at radius 1 is 1.14 bits per heavy atom. The summed E-state index contributed by atoms with van der Waals surface area (Å²) < 4.78 is 33.2. The summed E-state index contributed by atoms with van der Waals surface area (Å²) in [5, 5.41) is 5.84. The number of thiophene rings is 1. The third-order valence-corrected chi connectivity index (χ3v) is 7.66. The second-order valence-electron chi connectivity index (χ2n) is 6.87. The van der Waals surface area contributed by atoms with Crippen molar-refractivity contribution in [2.75, 3.05) is 13.1 Å². The molecule has 148 valence electrons. The standard InChI is InChI=1S/C19H22N4O3S2/c24-28(25,19-7-4-12-27-19)22-16-8-10-23(11-9-16)14-18-20-17(21-26-18)13-15-5-2-1-3-6-15/h1-7,12,16,22H,8-11,13-14H2. The molecule has 4 rings (SSSR count). The average Bonchev–Trinajstić information content (AvgIpc) is 3.37. The van der Waals surface area contributed by atoms with Crippen LogP contribution < -0.4 is 4.72 Å². The molecule has 0 bridgehead atoms. The fraction of sp³-hybridized carbons (Fsp3) is 0.368. The summed E-state index contributed by atoms with van der Waals surface area (Å²) in [6.07, 6.45) is 2.17. The lowest BCUT2D eigenvalue weighted by Crippen LogP contribution is -2.44. The molecule has 0 unspecified atom stereocenters. The molecule has 1 aromatic carbocycles. The monoisotopic (exact) mass is 418 g/mol. The zero-order valence-electron chi connectivity index (χ0n) is 15.3. The molecule has 1 fully saturated rings. The van der Waals surface area contributed by atoms with E-state index in [1.165, 1.54) is 11.3 Å². The highest BCUT2D eigenvalue weighted by Gasteiger charge is 2.26. The maximum Gasteiger partial charge on any atom is 0.250 e. The van der Waals surface area contributed by atoms with Gasteiger partial charge < -0.3 is 4.52 Å². The van der Waals surface area contributed by atoms with E-state index in [1.54, 1.807) is 17.5 Å². The van der Waals surface area contributed by atoms with E-state index in [1.807, 2.05) is 30.3 Å². The van der Waals surface area contributed by atoms with Crippen LogP contribution in [-0.2, 0) is 23.0 Å². The van der Waals surface area contributed by atoms with Crippen molar-refractivity contribution in [2.45, 2.75) is 36.1 Å². The van der Waals surface area contributed by atoms with Gasteiger partial charge in [-0.1, -0.05) is 41.6 Å². The zero-order valence-corrected chi connectivity index (χ0v) is 17.0. The van der Waals surface area contributed by atoms with E-state index in [-0.39, 0.29) is 6.04 Å². The lowest BCUT2D eigenvalue weighted by molar-refractivity contribution is 0.177. The van der Waals surface area contributed by atoms with Crippen LogP contribution in [0.3, 0.4) is 0 Å². The van der Waals surface area contributed by atoms with Crippen molar-refractivity contribution in [3.05, 3.63) is 65.1 Å². The van der Waals surface area contributed by atoms with Crippen LogP contribution in [0.2, 0.25) is 0 Å². The van der Waals surface area contributed by atoms with Crippen molar-refractivity contribution < 1.29 is 12.9 Å². The van der Waals surface area contributed by atoms with Crippen molar-refractivity contribution in [3.63, 3.8) is 0 Å². The molecule has 0 atom stereocenters. The van der Waals surface area contributed by atoms with Crippen molar-refractivity contribution in [2.24, 2.45) is 0 Å². The predicted octanol–water partition coefficient (Wildman–Crippen LogP) is 2.66. The lowest BCUT2D eigenvalue weighted by Gasteiger charge is -2.31. The predicted molar refractivity (Wildman–Crippen MR) is 106 cm³/mol. The highest BCUT2D eigenvalue weighted by atomic mass is 32.2. The molecule has 28 heavy (non-hydrogen) atoms. The molecule has 3 aromatic rings. The minimum Gasteiger partial charge on any atom is -0.338 e. The van der Waals surface area contributed by atoms with Crippen molar-refractivity contribution in [1.29, 1.82) is 0 Å². The van der Waals surface area contributed by atoms with Crippen LogP contribution in [0.25, 0.3) is 0 Å². The largest absolute Gasteiger partial charge is 0.338 e. The van der Waals surface area contributed by atoms with E-state index < -0.39 is 10.0 Å². The summed E-state index contributed by atoms with van der Waals surface area (Å²) in [7, 11) is -3.41. The number of rotatable bonds is 7. The number of piperidine rings is 1. The Morgan fingerprint density at radius 2 is 1.93 bits per heavy atom. The minimum atomic E-state index is -3.41. The van der Waals surface area contributed by atoms with Gasteiger partial charge in [-0.05, 0) is 29.9 Å². The van der Waals surface area contributed by atoms with Gasteiger partial charge in [-0.15, -0.1) is 11.3 Å². The van der Waals surface area contributed by atoms with Crippen molar-refractivity contribution in [1.82, 2.24) is 19.8 Å². The highest BCUT2D eigenvalue weighted by molar-refractivity contribution is 7.91. The van der Waals surface area contributed by atoms with Crippen LogP contribution in [0.4, 0.5) is 0 Å². The van der Waals surface area contributed by atoms with E-state index in [9.17, 15) is 8.42 Å². The summed E-state index contributed by atoms with van der Waals surface area (Å²) >= 11 is 1.24. The molecule has 0 radical (unpaired) electrons. The first-order valence-electron chi connectivity index (χ1n) is 9.22. The third kappa shape index (κ3) is 4.85. The Hall–Kier alpha value is -2.07. The molecule has 2 aromatic heterocycles. The molecule has 1 aliphatic rings. The highest BCUT2D eigenvalue weighted by Crippen LogP contribution is 2.19. The van der Waals surface area contributed by atoms with E-state index in [2.05, 4.69) is 19.8 Å². The molecule has 7 nitrogen and oxygen atoms in total. The molecule has 0 spiro atoms. The maximum absolute atomic E-state index is 12.3. The average molecular weight is 419 g/mol. The van der Waals surface area contributed by atoms with Gasteiger partial charge in [0.05, 0.1) is 6.54 Å². The Bertz CT molecular complexity index is 979. The van der Waals surface area contributed by atoms with Crippen LogP contribution in [0.15, 0.2) is 56.6 Å². The number of hydrogen-bond acceptors (Lipinski definition) is 7. The quantitative estimate of drug-likeness (QED) is 0.635. The molecule has 0 aliphatic carbocycles. The second kappa shape index (κ2) is 8.52. The number of nitrogens with zero attached hydrogens (tertiary/aromatic N) is 3. The number of hydrogen-bond donors (Lipinski definition) is 1. The molecule has 9 heteroatoms. The molecule has 1 aliphatic heterocycles.